The number of primary amides is 1. The van der Waals surface area contributed by atoms with Crippen LogP contribution in [0.2, 0.25) is 0 Å². The number of hydrogen-bond donors (Lipinski definition) is 3. The van der Waals surface area contributed by atoms with Crippen LogP contribution < -0.4 is 26.4 Å². The van der Waals surface area contributed by atoms with Gasteiger partial charge in [-0.2, -0.15) is 0 Å². The molecule has 1 atom stereocenters. The third-order valence-electron chi connectivity index (χ3n) is 6.05. The van der Waals surface area contributed by atoms with Crippen LogP contribution in [-0.4, -0.2) is 35.2 Å². The van der Waals surface area contributed by atoms with Crippen molar-refractivity contribution >= 4 is 45.6 Å². The van der Waals surface area contributed by atoms with Crippen LogP contribution in [0.5, 0.6) is 5.75 Å². The van der Waals surface area contributed by atoms with Gasteiger partial charge >= 0.3 is 0 Å². The number of ketones is 1. The molecule has 40 heavy (non-hydrogen) atoms. The number of carbonyl (C=O) groups is 3. The van der Waals surface area contributed by atoms with Crippen molar-refractivity contribution in [3.8, 4) is 5.75 Å². The molecule has 4 rings (SSSR count). The molecular formula is C29H28FN5O4S. The van der Waals surface area contributed by atoms with E-state index in [1.54, 1.807) is 31.2 Å². The van der Waals surface area contributed by atoms with Crippen molar-refractivity contribution in [3.05, 3.63) is 100 Å². The van der Waals surface area contributed by atoms with Gasteiger partial charge in [-0.25, -0.2) is 9.37 Å². The number of aromatic nitrogens is 1. The van der Waals surface area contributed by atoms with Gasteiger partial charge in [0.05, 0.1) is 0 Å². The number of nitrogen functional groups attached to an aromatic ring is 1. The minimum Gasteiger partial charge on any atom is -0.484 e. The van der Waals surface area contributed by atoms with E-state index in [1.165, 1.54) is 29.2 Å². The highest BCUT2D eigenvalue weighted by Crippen LogP contribution is 2.36. The highest BCUT2D eigenvalue weighted by atomic mass is 32.1. The van der Waals surface area contributed by atoms with Crippen molar-refractivity contribution in [2.45, 2.75) is 26.4 Å². The second kappa shape index (κ2) is 12.4. The quantitative estimate of drug-likeness (QED) is 0.234. The van der Waals surface area contributed by atoms with Crippen molar-refractivity contribution < 1.29 is 23.5 Å². The van der Waals surface area contributed by atoms with Crippen molar-refractivity contribution in [2.75, 3.05) is 17.2 Å². The number of hydrogen-bond acceptors (Lipinski definition) is 8. The van der Waals surface area contributed by atoms with E-state index < -0.39 is 17.8 Å². The Labute approximate surface area is 234 Å². The Morgan fingerprint density at radius 1 is 1.02 bits per heavy atom. The number of anilines is 3. The van der Waals surface area contributed by atoms with E-state index in [1.807, 2.05) is 31.2 Å². The number of halogens is 1. The Kier molecular flexibility index (Phi) is 8.75. The first-order valence-corrected chi connectivity index (χ1v) is 13.1. The topological polar surface area (TPSA) is 141 Å². The number of amides is 2. The maximum Gasteiger partial charge on any atom is 0.258 e. The molecule has 0 fully saturated rings. The number of benzene rings is 3. The van der Waals surface area contributed by atoms with Crippen LogP contribution in [0.25, 0.3) is 0 Å². The first-order chi connectivity index (χ1) is 19.1. The first kappa shape index (κ1) is 28.2. The predicted molar refractivity (Wildman–Crippen MR) is 152 cm³/mol. The number of rotatable bonds is 11. The highest BCUT2D eigenvalue weighted by Gasteiger charge is 2.27. The lowest BCUT2D eigenvalue weighted by molar-refractivity contribution is -0.123. The summed E-state index contributed by atoms with van der Waals surface area (Å²) in [6, 6.07) is 18.7. The average Bonchev–Trinajstić information content (AvgIpc) is 3.33. The van der Waals surface area contributed by atoms with E-state index in [-0.39, 0.29) is 34.1 Å². The third-order valence-corrected chi connectivity index (χ3v) is 7.12. The Balaban J connectivity index is 1.42. The molecule has 9 nitrogen and oxygen atoms in total. The van der Waals surface area contributed by atoms with Crippen LogP contribution in [0.15, 0.2) is 72.8 Å². The summed E-state index contributed by atoms with van der Waals surface area (Å²) in [6.45, 7) is 3.79. The average molecular weight is 562 g/mol. The predicted octanol–water partition coefficient (Wildman–Crippen LogP) is 4.11. The molecule has 0 saturated carbocycles. The van der Waals surface area contributed by atoms with Crippen molar-refractivity contribution in [1.29, 1.82) is 0 Å². The van der Waals surface area contributed by atoms with Crippen LogP contribution >= 0.6 is 11.3 Å². The fraction of sp³-hybridized carbons (Fsp3) is 0.172. The van der Waals surface area contributed by atoms with Gasteiger partial charge in [0.15, 0.2) is 11.7 Å². The standard InChI is InChI=1S/C29H28FN5O4S/c1-17-3-5-19(6-4-17)15-33-24(36)16-39-23-13-7-20(8-14-23)25(37)26-27(31)34-29(40-26)35(18(2)28(32)38)22-11-9-21(30)10-12-22/h3-14,18H,15-16,31H2,1-2H3,(H2,32,38)(H,33,36). The molecule has 11 heteroatoms. The molecule has 1 aromatic heterocycles. The van der Waals surface area contributed by atoms with Gasteiger partial charge in [-0.1, -0.05) is 41.2 Å². The van der Waals surface area contributed by atoms with Gasteiger partial charge in [0.1, 0.15) is 28.3 Å². The Morgan fingerprint density at radius 2 is 1.68 bits per heavy atom. The van der Waals surface area contributed by atoms with Gasteiger partial charge in [0.2, 0.25) is 11.7 Å². The fourth-order valence-corrected chi connectivity index (χ4v) is 4.80. The normalized spacial score (nSPS) is 11.5. The Bertz CT molecular complexity index is 1510. The summed E-state index contributed by atoms with van der Waals surface area (Å²) in [5.74, 6) is -1.33. The molecule has 1 heterocycles. The number of nitrogens with one attached hydrogen (secondary N) is 1. The summed E-state index contributed by atoms with van der Waals surface area (Å²) in [5, 5.41) is 3.06. The van der Waals surface area contributed by atoms with Crippen LogP contribution in [0.3, 0.4) is 0 Å². The number of nitrogens with two attached hydrogens (primary N) is 2. The lowest BCUT2D eigenvalue weighted by atomic mass is 10.1. The van der Waals surface area contributed by atoms with Crippen LogP contribution in [-0.2, 0) is 16.1 Å². The van der Waals surface area contributed by atoms with Gasteiger partial charge < -0.3 is 26.4 Å². The van der Waals surface area contributed by atoms with E-state index in [2.05, 4.69) is 10.3 Å². The minimum absolute atomic E-state index is 0.0145. The third kappa shape index (κ3) is 6.80. The lowest BCUT2D eigenvalue weighted by Gasteiger charge is -2.26. The molecule has 1 unspecified atom stereocenters. The van der Waals surface area contributed by atoms with Gasteiger partial charge in [-0.15, -0.1) is 0 Å². The van der Waals surface area contributed by atoms with E-state index in [4.69, 9.17) is 16.2 Å². The number of nitrogens with zero attached hydrogens (tertiary/aromatic N) is 2. The second-order valence-electron chi connectivity index (χ2n) is 9.04. The van der Waals surface area contributed by atoms with Gasteiger partial charge in [-0.3, -0.25) is 14.4 Å². The van der Waals surface area contributed by atoms with Crippen LogP contribution in [0.1, 0.15) is 33.3 Å². The molecule has 0 bridgehead atoms. The van der Waals surface area contributed by atoms with Gasteiger partial charge in [0, 0.05) is 17.8 Å². The maximum absolute atomic E-state index is 13.5. The summed E-state index contributed by atoms with van der Waals surface area (Å²) in [6.07, 6.45) is 0. The molecule has 3 aromatic carbocycles. The lowest BCUT2D eigenvalue weighted by Crippen LogP contribution is -2.39. The zero-order valence-electron chi connectivity index (χ0n) is 21.9. The SMILES string of the molecule is Cc1ccc(CNC(=O)COc2ccc(C(=O)c3sc(N(c4ccc(F)cc4)C(C)C(N)=O)nc3N)cc2)cc1. The van der Waals surface area contributed by atoms with Crippen molar-refractivity contribution in [3.63, 3.8) is 0 Å². The monoisotopic (exact) mass is 561 g/mol. The van der Waals surface area contributed by atoms with Gasteiger partial charge in [0.25, 0.3) is 5.91 Å². The maximum atomic E-state index is 13.5. The van der Waals surface area contributed by atoms with E-state index in [9.17, 15) is 18.8 Å². The zero-order chi connectivity index (χ0) is 28.8. The van der Waals surface area contributed by atoms with Crippen LogP contribution in [0, 0.1) is 12.7 Å². The summed E-state index contributed by atoms with van der Waals surface area (Å²) in [7, 11) is 0. The van der Waals surface area contributed by atoms with Gasteiger partial charge in [-0.05, 0) is 67.9 Å². The molecule has 2 amide bonds. The Morgan fingerprint density at radius 3 is 2.30 bits per heavy atom. The second-order valence-corrected chi connectivity index (χ2v) is 10.0. The Hall–Kier alpha value is -4.77. The zero-order valence-corrected chi connectivity index (χ0v) is 22.7. The number of aryl methyl sites for hydroxylation is 1. The molecule has 0 saturated heterocycles. The largest absolute Gasteiger partial charge is 0.484 e. The fourth-order valence-electron chi connectivity index (χ4n) is 3.75. The summed E-state index contributed by atoms with van der Waals surface area (Å²) >= 11 is 0.993. The van der Waals surface area contributed by atoms with E-state index in [0.717, 1.165) is 22.5 Å². The molecule has 4 aromatic rings. The molecular weight excluding hydrogens is 533 g/mol. The molecule has 0 aliphatic rings. The summed E-state index contributed by atoms with van der Waals surface area (Å²) in [5.41, 5.74) is 14.5. The smallest absolute Gasteiger partial charge is 0.258 e. The summed E-state index contributed by atoms with van der Waals surface area (Å²) in [4.78, 5) is 43.4. The van der Waals surface area contributed by atoms with Crippen molar-refractivity contribution in [2.24, 2.45) is 5.73 Å². The van der Waals surface area contributed by atoms with Crippen molar-refractivity contribution in [1.82, 2.24) is 10.3 Å². The van der Waals surface area contributed by atoms with E-state index >= 15 is 0 Å². The number of carbonyl (C=O) groups excluding carboxylic acids is 3. The molecule has 0 radical (unpaired) electrons. The summed E-state index contributed by atoms with van der Waals surface area (Å²) < 4.78 is 19.0. The van der Waals surface area contributed by atoms with E-state index in [0.29, 0.717) is 23.5 Å². The molecule has 0 aliphatic heterocycles. The van der Waals surface area contributed by atoms with Crippen LogP contribution in [0.4, 0.5) is 21.0 Å². The first-order valence-electron chi connectivity index (χ1n) is 12.3. The minimum atomic E-state index is -0.843. The molecule has 0 aliphatic carbocycles. The number of ether oxygens (including phenoxy) is 1. The molecule has 0 spiro atoms. The highest BCUT2D eigenvalue weighted by molar-refractivity contribution is 7.18. The molecule has 206 valence electrons. The number of thiazole rings is 1. The molecule has 5 N–H and O–H groups in total.